The van der Waals surface area contributed by atoms with Crippen LogP contribution >= 0.6 is 0 Å². The summed E-state index contributed by atoms with van der Waals surface area (Å²) in [6.45, 7) is 2.14. The summed E-state index contributed by atoms with van der Waals surface area (Å²) in [5, 5.41) is 2.78. The Kier molecular flexibility index (Phi) is 2.94. The second-order valence-corrected chi connectivity index (χ2v) is 4.79. The third-order valence-corrected chi connectivity index (χ3v) is 3.33. The zero-order chi connectivity index (χ0) is 13.4. The Labute approximate surface area is 110 Å². The highest BCUT2D eigenvalue weighted by molar-refractivity contribution is 5.97. The lowest BCUT2D eigenvalue weighted by Crippen LogP contribution is -2.28. The van der Waals surface area contributed by atoms with Gasteiger partial charge >= 0.3 is 0 Å². The molecule has 2 unspecified atom stereocenters. The van der Waals surface area contributed by atoms with Crippen molar-refractivity contribution in [2.24, 2.45) is 0 Å². The number of hydrogen-bond donors (Lipinski definition) is 2. The van der Waals surface area contributed by atoms with E-state index in [1.807, 2.05) is 6.92 Å². The van der Waals surface area contributed by atoms with E-state index in [9.17, 15) is 4.79 Å². The molecule has 2 aliphatic heterocycles. The van der Waals surface area contributed by atoms with Crippen LogP contribution < -0.4 is 20.5 Å². The van der Waals surface area contributed by atoms with Crippen molar-refractivity contribution >= 4 is 17.3 Å². The van der Waals surface area contributed by atoms with Crippen LogP contribution in [0.15, 0.2) is 12.1 Å². The van der Waals surface area contributed by atoms with Crippen LogP contribution in [0.1, 0.15) is 19.8 Å². The standard InChI is InChI=1S/C13H16N2O4/c1-7-2-3-10(19-7)13(16)15-9-5-12-11(4-8(9)14)17-6-18-12/h4-5,7,10H,2-3,6,14H2,1H3,(H,15,16). The topological polar surface area (TPSA) is 82.8 Å². The van der Waals surface area contributed by atoms with Gasteiger partial charge in [0.2, 0.25) is 6.79 Å². The number of benzene rings is 1. The highest BCUT2D eigenvalue weighted by atomic mass is 16.7. The lowest BCUT2D eigenvalue weighted by Gasteiger charge is -2.13. The van der Waals surface area contributed by atoms with E-state index < -0.39 is 6.10 Å². The molecule has 2 atom stereocenters. The van der Waals surface area contributed by atoms with Gasteiger partial charge in [0.05, 0.1) is 17.5 Å². The fourth-order valence-electron chi connectivity index (χ4n) is 2.27. The highest BCUT2D eigenvalue weighted by Crippen LogP contribution is 2.38. The van der Waals surface area contributed by atoms with Gasteiger partial charge in [-0.25, -0.2) is 0 Å². The van der Waals surface area contributed by atoms with Crippen molar-refractivity contribution < 1.29 is 19.0 Å². The number of fused-ring (bicyclic) bond motifs is 1. The van der Waals surface area contributed by atoms with Crippen molar-refractivity contribution in [1.82, 2.24) is 0 Å². The molecule has 1 fully saturated rings. The average Bonchev–Trinajstić information content (AvgIpc) is 2.98. The molecular formula is C13H16N2O4. The van der Waals surface area contributed by atoms with Gasteiger partial charge in [0, 0.05) is 12.1 Å². The minimum Gasteiger partial charge on any atom is -0.454 e. The Morgan fingerprint density at radius 3 is 2.74 bits per heavy atom. The first kappa shape index (κ1) is 12.1. The van der Waals surface area contributed by atoms with Crippen molar-refractivity contribution in [3.8, 4) is 11.5 Å². The minimum absolute atomic E-state index is 0.129. The first-order valence-electron chi connectivity index (χ1n) is 6.29. The summed E-state index contributed by atoms with van der Waals surface area (Å²) in [5.41, 5.74) is 6.85. The monoisotopic (exact) mass is 264 g/mol. The smallest absolute Gasteiger partial charge is 0.253 e. The first-order chi connectivity index (χ1) is 9.13. The van der Waals surface area contributed by atoms with Gasteiger partial charge in [-0.05, 0) is 19.8 Å². The maximum atomic E-state index is 12.0. The lowest BCUT2D eigenvalue weighted by atomic mass is 10.2. The van der Waals surface area contributed by atoms with E-state index in [2.05, 4.69) is 5.32 Å². The Hall–Kier alpha value is -1.95. The Bertz CT molecular complexity index is 518. The number of amides is 1. The summed E-state index contributed by atoms with van der Waals surface area (Å²) in [7, 11) is 0. The molecule has 1 aromatic rings. The molecule has 2 heterocycles. The molecule has 102 valence electrons. The normalized spacial score (nSPS) is 24.5. The van der Waals surface area contributed by atoms with Crippen LogP contribution in [0.2, 0.25) is 0 Å². The number of nitrogens with one attached hydrogen (secondary N) is 1. The van der Waals surface area contributed by atoms with Crippen molar-refractivity contribution in [3.63, 3.8) is 0 Å². The van der Waals surface area contributed by atoms with Crippen LogP contribution in [0.4, 0.5) is 11.4 Å². The van der Waals surface area contributed by atoms with Crippen molar-refractivity contribution in [2.75, 3.05) is 17.8 Å². The summed E-state index contributed by atoms with van der Waals surface area (Å²) in [6.07, 6.45) is 1.36. The number of rotatable bonds is 2. The van der Waals surface area contributed by atoms with Gasteiger partial charge in [-0.2, -0.15) is 0 Å². The predicted molar refractivity (Wildman–Crippen MR) is 69.2 cm³/mol. The quantitative estimate of drug-likeness (QED) is 0.791. The summed E-state index contributed by atoms with van der Waals surface area (Å²) in [6, 6.07) is 3.32. The van der Waals surface area contributed by atoms with Gasteiger partial charge in [0.25, 0.3) is 5.91 Å². The zero-order valence-electron chi connectivity index (χ0n) is 10.6. The number of nitrogen functional groups attached to an aromatic ring is 1. The van der Waals surface area contributed by atoms with Crippen LogP contribution in [0.25, 0.3) is 0 Å². The molecule has 1 amide bonds. The summed E-state index contributed by atoms with van der Waals surface area (Å²) < 4.78 is 16.0. The number of ether oxygens (including phenoxy) is 3. The van der Waals surface area contributed by atoms with Gasteiger partial charge in [-0.1, -0.05) is 0 Å². The Balaban J connectivity index is 1.74. The second-order valence-electron chi connectivity index (χ2n) is 4.79. The molecule has 6 nitrogen and oxygen atoms in total. The molecule has 3 N–H and O–H groups in total. The Morgan fingerprint density at radius 2 is 2.05 bits per heavy atom. The number of carbonyl (C=O) groups excluding carboxylic acids is 1. The Morgan fingerprint density at radius 1 is 1.32 bits per heavy atom. The number of anilines is 2. The number of carbonyl (C=O) groups is 1. The number of hydrogen-bond acceptors (Lipinski definition) is 5. The highest BCUT2D eigenvalue weighted by Gasteiger charge is 2.29. The van der Waals surface area contributed by atoms with Gasteiger partial charge < -0.3 is 25.3 Å². The second kappa shape index (κ2) is 4.62. The fraction of sp³-hybridized carbons (Fsp3) is 0.462. The largest absolute Gasteiger partial charge is 0.454 e. The first-order valence-corrected chi connectivity index (χ1v) is 6.29. The lowest BCUT2D eigenvalue weighted by molar-refractivity contribution is -0.126. The zero-order valence-corrected chi connectivity index (χ0v) is 10.6. The third kappa shape index (κ3) is 2.31. The molecule has 1 aromatic carbocycles. The molecular weight excluding hydrogens is 248 g/mol. The van der Waals surface area contributed by atoms with Crippen LogP contribution in [0.5, 0.6) is 11.5 Å². The molecule has 0 aliphatic carbocycles. The molecule has 0 aromatic heterocycles. The molecule has 0 spiro atoms. The van der Waals surface area contributed by atoms with Gasteiger partial charge in [0.1, 0.15) is 6.10 Å². The average molecular weight is 264 g/mol. The maximum absolute atomic E-state index is 12.0. The van der Waals surface area contributed by atoms with Crippen molar-refractivity contribution in [2.45, 2.75) is 32.0 Å². The van der Waals surface area contributed by atoms with E-state index in [0.29, 0.717) is 22.9 Å². The molecule has 6 heteroatoms. The molecule has 0 saturated carbocycles. The van der Waals surface area contributed by atoms with Crippen LogP contribution in [-0.2, 0) is 9.53 Å². The predicted octanol–water partition coefficient (Wildman–Crippen LogP) is 1.50. The molecule has 0 radical (unpaired) electrons. The van der Waals surface area contributed by atoms with Gasteiger partial charge in [-0.3, -0.25) is 4.79 Å². The summed E-state index contributed by atoms with van der Waals surface area (Å²) in [5.74, 6) is 1.02. The summed E-state index contributed by atoms with van der Waals surface area (Å²) in [4.78, 5) is 12.0. The summed E-state index contributed by atoms with van der Waals surface area (Å²) >= 11 is 0. The van der Waals surface area contributed by atoms with Crippen LogP contribution in [-0.4, -0.2) is 24.9 Å². The van der Waals surface area contributed by atoms with Gasteiger partial charge in [-0.15, -0.1) is 0 Å². The number of nitrogens with two attached hydrogens (primary N) is 1. The van der Waals surface area contributed by atoms with Crippen LogP contribution in [0.3, 0.4) is 0 Å². The maximum Gasteiger partial charge on any atom is 0.253 e. The molecule has 3 rings (SSSR count). The minimum atomic E-state index is -0.403. The van der Waals surface area contributed by atoms with Gasteiger partial charge in [0.15, 0.2) is 11.5 Å². The van der Waals surface area contributed by atoms with Crippen molar-refractivity contribution in [1.29, 1.82) is 0 Å². The molecule has 1 saturated heterocycles. The molecule has 19 heavy (non-hydrogen) atoms. The van der Waals surface area contributed by atoms with Crippen molar-refractivity contribution in [3.05, 3.63) is 12.1 Å². The van der Waals surface area contributed by atoms with E-state index in [4.69, 9.17) is 19.9 Å². The van der Waals surface area contributed by atoms with E-state index in [-0.39, 0.29) is 18.8 Å². The molecule has 0 bridgehead atoms. The SMILES string of the molecule is CC1CCC(C(=O)Nc2cc3c(cc2N)OCO3)O1. The van der Waals surface area contributed by atoms with E-state index in [1.165, 1.54) is 0 Å². The van der Waals surface area contributed by atoms with E-state index in [1.54, 1.807) is 12.1 Å². The third-order valence-electron chi connectivity index (χ3n) is 3.33. The fourth-order valence-corrected chi connectivity index (χ4v) is 2.27. The van der Waals surface area contributed by atoms with Crippen LogP contribution in [0, 0.1) is 0 Å². The van der Waals surface area contributed by atoms with E-state index in [0.717, 1.165) is 12.8 Å². The molecule has 2 aliphatic rings. The van der Waals surface area contributed by atoms with E-state index >= 15 is 0 Å².